The molecule has 3 rings (SSSR count). The van der Waals surface area contributed by atoms with Crippen molar-refractivity contribution in [1.29, 1.82) is 0 Å². The van der Waals surface area contributed by atoms with Gasteiger partial charge in [-0.3, -0.25) is 4.79 Å². The number of carbonyl (C=O) groups excluding carboxylic acids is 2. The SMILES string of the molecule is COC(=O)C(c1ccccc1)n1ccc2c1CCCC2=O. The van der Waals surface area contributed by atoms with Crippen LogP contribution in [0.5, 0.6) is 0 Å². The van der Waals surface area contributed by atoms with E-state index in [2.05, 4.69) is 0 Å². The summed E-state index contributed by atoms with van der Waals surface area (Å²) in [4.78, 5) is 24.2. The number of aromatic nitrogens is 1. The average molecular weight is 283 g/mol. The number of ketones is 1. The Labute approximate surface area is 123 Å². The summed E-state index contributed by atoms with van der Waals surface area (Å²) in [5.74, 6) is -0.163. The first-order valence-corrected chi connectivity index (χ1v) is 7.08. The minimum atomic E-state index is -0.536. The summed E-state index contributed by atoms with van der Waals surface area (Å²) in [6.45, 7) is 0. The van der Waals surface area contributed by atoms with Gasteiger partial charge in [-0.05, 0) is 24.5 Å². The molecule has 0 saturated heterocycles. The summed E-state index contributed by atoms with van der Waals surface area (Å²) >= 11 is 0. The summed E-state index contributed by atoms with van der Waals surface area (Å²) in [5, 5.41) is 0. The minimum Gasteiger partial charge on any atom is -0.467 e. The molecule has 2 aromatic rings. The number of methoxy groups -OCH3 is 1. The molecule has 0 saturated carbocycles. The lowest BCUT2D eigenvalue weighted by Crippen LogP contribution is -2.24. The number of ether oxygens (including phenoxy) is 1. The standard InChI is InChI=1S/C17H17NO3/c1-21-17(20)16(12-6-3-2-4-7-12)18-11-10-13-14(18)8-5-9-15(13)19/h2-4,6-7,10-11,16H,5,8-9H2,1H3. The maximum atomic E-state index is 12.3. The van der Waals surface area contributed by atoms with Crippen molar-refractivity contribution in [2.24, 2.45) is 0 Å². The zero-order chi connectivity index (χ0) is 14.8. The number of esters is 1. The third-order valence-corrected chi connectivity index (χ3v) is 3.96. The van der Waals surface area contributed by atoms with E-state index in [1.807, 2.05) is 47.2 Å². The van der Waals surface area contributed by atoms with Crippen molar-refractivity contribution in [1.82, 2.24) is 4.57 Å². The van der Waals surface area contributed by atoms with Gasteiger partial charge in [0, 0.05) is 23.9 Å². The van der Waals surface area contributed by atoms with Gasteiger partial charge >= 0.3 is 5.97 Å². The molecule has 0 fully saturated rings. The molecule has 0 amide bonds. The highest BCUT2D eigenvalue weighted by molar-refractivity contribution is 5.98. The highest BCUT2D eigenvalue weighted by Crippen LogP contribution is 2.29. The smallest absolute Gasteiger partial charge is 0.333 e. The van der Waals surface area contributed by atoms with E-state index in [1.54, 1.807) is 0 Å². The Morgan fingerprint density at radius 3 is 2.67 bits per heavy atom. The van der Waals surface area contributed by atoms with E-state index < -0.39 is 6.04 Å². The van der Waals surface area contributed by atoms with Gasteiger partial charge in [0.05, 0.1) is 7.11 Å². The van der Waals surface area contributed by atoms with Crippen molar-refractivity contribution in [3.05, 3.63) is 59.4 Å². The lowest BCUT2D eigenvalue weighted by Gasteiger charge is -2.22. The molecule has 108 valence electrons. The lowest BCUT2D eigenvalue weighted by molar-refractivity contribution is -0.143. The molecule has 0 aliphatic heterocycles. The van der Waals surface area contributed by atoms with Crippen LogP contribution in [0.15, 0.2) is 42.6 Å². The monoisotopic (exact) mass is 283 g/mol. The number of hydrogen-bond acceptors (Lipinski definition) is 3. The maximum Gasteiger partial charge on any atom is 0.333 e. The predicted octanol–water partition coefficient (Wildman–Crippen LogP) is 2.77. The predicted molar refractivity (Wildman–Crippen MR) is 78.3 cm³/mol. The Kier molecular flexibility index (Phi) is 3.60. The van der Waals surface area contributed by atoms with Gasteiger partial charge in [0.15, 0.2) is 11.8 Å². The van der Waals surface area contributed by atoms with E-state index in [4.69, 9.17) is 4.74 Å². The van der Waals surface area contributed by atoms with E-state index in [0.29, 0.717) is 6.42 Å². The highest BCUT2D eigenvalue weighted by Gasteiger charge is 2.29. The number of benzene rings is 1. The van der Waals surface area contributed by atoms with Crippen LogP contribution in [0, 0.1) is 0 Å². The number of hydrogen-bond donors (Lipinski definition) is 0. The topological polar surface area (TPSA) is 48.3 Å². The van der Waals surface area contributed by atoms with Crippen LogP contribution in [0.25, 0.3) is 0 Å². The second-order valence-electron chi connectivity index (χ2n) is 5.20. The van der Waals surface area contributed by atoms with Crippen LogP contribution >= 0.6 is 0 Å². The summed E-state index contributed by atoms with van der Waals surface area (Å²) in [6, 6.07) is 10.8. The van der Waals surface area contributed by atoms with E-state index in [1.165, 1.54) is 7.11 Å². The average Bonchev–Trinajstić information content (AvgIpc) is 2.94. The Hall–Kier alpha value is -2.36. The Bertz CT molecular complexity index is 673. The van der Waals surface area contributed by atoms with E-state index in [9.17, 15) is 9.59 Å². The van der Waals surface area contributed by atoms with Crippen molar-refractivity contribution in [2.75, 3.05) is 7.11 Å². The largest absolute Gasteiger partial charge is 0.467 e. The summed E-state index contributed by atoms with van der Waals surface area (Å²) < 4.78 is 6.85. The van der Waals surface area contributed by atoms with Crippen LogP contribution in [0.3, 0.4) is 0 Å². The fourth-order valence-electron chi connectivity index (χ4n) is 2.95. The summed E-state index contributed by atoms with van der Waals surface area (Å²) in [7, 11) is 1.39. The van der Waals surface area contributed by atoms with Gasteiger partial charge in [-0.1, -0.05) is 30.3 Å². The van der Waals surface area contributed by atoms with Crippen LogP contribution in [0.4, 0.5) is 0 Å². The van der Waals surface area contributed by atoms with Crippen LogP contribution < -0.4 is 0 Å². The molecule has 21 heavy (non-hydrogen) atoms. The number of carbonyl (C=O) groups is 2. The Morgan fingerprint density at radius 2 is 1.95 bits per heavy atom. The molecular weight excluding hydrogens is 266 g/mol. The van der Waals surface area contributed by atoms with E-state index in [0.717, 1.165) is 29.7 Å². The molecule has 1 aliphatic rings. The first-order chi connectivity index (χ1) is 10.2. The van der Waals surface area contributed by atoms with Crippen LogP contribution in [-0.4, -0.2) is 23.4 Å². The van der Waals surface area contributed by atoms with Crippen molar-refractivity contribution in [3.8, 4) is 0 Å². The zero-order valence-corrected chi connectivity index (χ0v) is 11.9. The third-order valence-electron chi connectivity index (χ3n) is 3.96. The Morgan fingerprint density at radius 1 is 1.19 bits per heavy atom. The fraction of sp³-hybridized carbons (Fsp3) is 0.294. The number of fused-ring (bicyclic) bond motifs is 1. The quantitative estimate of drug-likeness (QED) is 0.814. The second-order valence-corrected chi connectivity index (χ2v) is 5.20. The van der Waals surface area contributed by atoms with E-state index in [-0.39, 0.29) is 11.8 Å². The fourth-order valence-corrected chi connectivity index (χ4v) is 2.95. The Balaban J connectivity index is 2.10. The third kappa shape index (κ3) is 2.37. The van der Waals surface area contributed by atoms with Gasteiger partial charge in [-0.25, -0.2) is 4.79 Å². The molecule has 0 spiro atoms. The molecule has 0 radical (unpaired) electrons. The second kappa shape index (κ2) is 5.56. The number of rotatable bonds is 3. The molecule has 0 N–H and O–H groups in total. The normalized spacial score (nSPS) is 15.4. The first kappa shape index (κ1) is 13.6. The molecule has 1 aromatic heterocycles. The molecule has 4 heteroatoms. The number of nitrogens with zero attached hydrogens (tertiary/aromatic N) is 1. The van der Waals surface area contributed by atoms with Gasteiger partial charge < -0.3 is 9.30 Å². The molecule has 1 unspecified atom stereocenters. The first-order valence-electron chi connectivity index (χ1n) is 7.08. The van der Waals surface area contributed by atoms with Gasteiger partial charge in [-0.2, -0.15) is 0 Å². The molecule has 1 atom stereocenters. The van der Waals surface area contributed by atoms with Gasteiger partial charge in [0.2, 0.25) is 0 Å². The van der Waals surface area contributed by atoms with Crippen LogP contribution in [-0.2, 0) is 16.0 Å². The van der Waals surface area contributed by atoms with Crippen molar-refractivity contribution >= 4 is 11.8 Å². The van der Waals surface area contributed by atoms with Crippen molar-refractivity contribution < 1.29 is 14.3 Å². The van der Waals surface area contributed by atoms with Gasteiger partial charge in [-0.15, -0.1) is 0 Å². The van der Waals surface area contributed by atoms with Crippen LogP contribution in [0.1, 0.15) is 40.5 Å². The van der Waals surface area contributed by atoms with Gasteiger partial charge in [0.25, 0.3) is 0 Å². The molecule has 1 aliphatic carbocycles. The van der Waals surface area contributed by atoms with Crippen molar-refractivity contribution in [3.63, 3.8) is 0 Å². The zero-order valence-electron chi connectivity index (χ0n) is 11.9. The molecule has 4 nitrogen and oxygen atoms in total. The summed E-state index contributed by atoms with van der Waals surface area (Å²) in [6.07, 6.45) is 4.06. The summed E-state index contributed by atoms with van der Waals surface area (Å²) in [5.41, 5.74) is 2.54. The van der Waals surface area contributed by atoms with E-state index >= 15 is 0 Å². The number of Topliss-reactive ketones (excluding diaryl/α,β-unsaturated/α-hetero) is 1. The molecule has 0 bridgehead atoms. The van der Waals surface area contributed by atoms with Crippen LogP contribution in [0.2, 0.25) is 0 Å². The van der Waals surface area contributed by atoms with Crippen molar-refractivity contribution in [2.45, 2.75) is 25.3 Å². The highest BCUT2D eigenvalue weighted by atomic mass is 16.5. The minimum absolute atomic E-state index is 0.159. The molecule has 1 heterocycles. The molecule has 1 aromatic carbocycles. The lowest BCUT2D eigenvalue weighted by atomic mass is 9.96. The van der Waals surface area contributed by atoms with Gasteiger partial charge in [0.1, 0.15) is 0 Å². The molecular formula is C17H17NO3. The maximum absolute atomic E-state index is 12.3.